The van der Waals surface area contributed by atoms with Crippen LogP contribution in [0.3, 0.4) is 0 Å². The Morgan fingerprint density at radius 1 is 1.29 bits per heavy atom. The third-order valence-corrected chi connectivity index (χ3v) is 2.96. The Morgan fingerprint density at radius 2 is 1.93 bits per heavy atom. The maximum absolute atomic E-state index is 5.22. The minimum absolute atomic E-state index is 0.338. The zero-order valence-corrected chi connectivity index (χ0v) is 10.3. The van der Waals surface area contributed by atoms with Crippen molar-refractivity contribution in [2.24, 2.45) is 0 Å². The monoisotopic (exact) mass is 195 g/mol. The standard InChI is InChI=1S/C13H25N/c1-6-8-9-10-12-14(5)13(3,4)11-7-2/h1H,7-12H2,2-5H3. The van der Waals surface area contributed by atoms with Crippen LogP contribution >= 0.6 is 0 Å². The molecule has 0 aromatic rings. The smallest absolute Gasteiger partial charge is 0.0150 e. The molecule has 14 heavy (non-hydrogen) atoms. The molecule has 0 aliphatic heterocycles. The van der Waals surface area contributed by atoms with E-state index in [0.717, 1.165) is 19.4 Å². The fourth-order valence-electron chi connectivity index (χ4n) is 1.68. The lowest BCUT2D eigenvalue weighted by molar-refractivity contribution is 0.142. The number of unbranched alkanes of at least 4 members (excludes halogenated alkanes) is 2. The predicted octanol–water partition coefficient (Wildman–Crippen LogP) is 3.30. The van der Waals surface area contributed by atoms with Crippen LogP contribution in [0.25, 0.3) is 0 Å². The van der Waals surface area contributed by atoms with Gasteiger partial charge >= 0.3 is 0 Å². The molecule has 0 amide bonds. The van der Waals surface area contributed by atoms with Gasteiger partial charge in [0, 0.05) is 12.0 Å². The van der Waals surface area contributed by atoms with Gasteiger partial charge in [-0.15, -0.1) is 12.3 Å². The Bertz CT molecular complexity index is 176. The normalized spacial score (nSPS) is 11.7. The summed E-state index contributed by atoms with van der Waals surface area (Å²) in [4.78, 5) is 2.45. The van der Waals surface area contributed by atoms with Gasteiger partial charge in [0.2, 0.25) is 0 Å². The van der Waals surface area contributed by atoms with Crippen molar-refractivity contribution in [3.05, 3.63) is 0 Å². The summed E-state index contributed by atoms with van der Waals surface area (Å²) in [5, 5.41) is 0. The molecule has 0 spiro atoms. The Kier molecular flexibility index (Phi) is 6.66. The van der Waals surface area contributed by atoms with Gasteiger partial charge in [-0.05, 0) is 46.7 Å². The van der Waals surface area contributed by atoms with E-state index in [9.17, 15) is 0 Å². The van der Waals surface area contributed by atoms with Gasteiger partial charge in [-0.2, -0.15) is 0 Å². The number of hydrogen-bond donors (Lipinski definition) is 0. The first-order valence-corrected chi connectivity index (χ1v) is 5.69. The van der Waals surface area contributed by atoms with Gasteiger partial charge in [0.25, 0.3) is 0 Å². The first-order valence-electron chi connectivity index (χ1n) is 5.69. The fraction of sp³-hybridized carbons (Fsp3) is 0.846. The summed E-state index contributed by atoms with van der Waals surface area (Å²) in [7, 11) is 2.21. The maximum atomic E-state index is 5.22. The molecule has 82 valence electrons. The van der Waals surface area contributed by atoms with Crippen LogP contribution in [0.4, 0.5) is 0 Å². The second-order valence-corrected chi connectivity index (χ2v) is 4.65. The van der Waals surface area contributed by atoms with Gasteiger partial charge in [0.1, 0.15) is 0 Å². The van der Waals surface area contributed by atoms with Crippen molar-refractivity contribution in [3.63, 3.8) is 0 Å². The lowest BCUT2D eigenvalue weighted by Crippen LogP contribution is -2.41. The number of terminal acetylenes is 1. The highest BCUT2D eigenvalue weighted by Gasteiger charge is 2.21. The van der Waals surface area contributed by atoms with E-state index in [-0.39, 0.29) is 0 Å². The van der Waals surface area contributed by atoms with Crippen molar-refractivity contribution in [3.8, 4) is 12.3 Å². The summed E-state index contributed by atoms with van der Waals surface area (Å²) in [5.41, 5.74) is 0.338. The van der Waals surface area contributed by atoms with Gasteiger partial charge < -0.3 is 4.90 Å². The molecule has 0 fully saturated rings. The Balaban J connectivity index is 3.72. The predicted molar refractivity (Wildman–Crippen MR) is 64.3 cm³/mol. The van der Waals surface area contributed by atoms with Gasteiger partial charge in [-0.25, -0.2) is 0 Å². The molecule has 0 aromatic heterocycles. The molecule has 0 rings (SSSR count). The molecular formula is C13H25N. The maximum Gasteiger partial charge on any atom is 0.0150 e. The highest BCUT2D eigenvalue weighted by atomic mass is 15.2. The molecule has 0 aliphatic rings. The van der Waals surface area contributed by atoms with E-state index in [4.69, 9.17) is 6.42 Å². The largest absolute Gasteiger partial charge is 0.301 e. The van der Waals surface area contributed by atoms with Crippen LogP contribution in [0.1, 0.15) is 52.9 Å². The average molecular weight is 195 g/mol. The molecule has 0 N–H and O–H groups in total. The summed E-state index contributed by atoms with van der Waals surface area (Å²) < 4.78 is 0. The van der Waals surface area contributed by atoms with Crippen LogP contribution < -0.4 is 0 Å². The van der Waals surface area contributed by atoms with Gasteiger partial charge in [-0.3, -0.25) is 0 Å². The van der Waals surface area contributed by atoms with E-state index >= 15 is 0 Å². The molecule has 0 aromatic carbocycles. The molecule has 0 saturated heterocycles. The number of rotatable bonds is 7. The highest BCUT2D eigenvalue weighted by Crippen LogP contribution is 2.19. The lowest BCUT2D eigenvalue weighted by Gasteiger charge is -2.35. The zero-order chi connectivity index (χ0) is 11.0. The summed E-state index contributed by atoms with van der Waals surface area (Å²) in [6.07, 6.45) is 11.0. The van der Waals surface area contributed by atoms with Crippen molar-refractivity contribution in [1.29, 1.82) is 0 Å². The highest BCUT2D eigenvalue weighted by molar-refractivity contribution is 4.83. The third kappa shape index (κ3) is 5.29. The summed E-state index contributed by atoms with van der Waals surface area (Å²) in [5.74, 6) is 2.69. The quantitative estimate of drug-likeness (QED) is 0.445. The molecule has 0 heterocycles. The molecule has 1 heteroatoms. The molecule has 0 bridgehead atoms. The van der Waals surface area contributed by atoms with Crippen LogP contribution in [0.15, 0.2) is 0 Å². The molecule has 0 unspecified atom stereocenters. The molecule has 0 aliphatic carbocycles. The van der Waals surface area contributed by atoms with E-state index in [1.807, 2.05) is 0 Å². The topological polar surface area (TPSA) is 3.24 Å². The van der Waals surface area contributed by atoms with Crippen LogP contribution in [0.2, 0.25) is 0 Å². The molecule has 0 atom stereocenters. The third-order valence-electron chi connectivity index (χ3n) is 2.96. The molecule has 0 saturated carbocycles. The van der Waals surface area contributed by atoms with Crippen molar-refractivity contribution in [2.45, 2.75) is 58.4 Å². The van der Waals surface area contributed by atoms with Crippen molar-refractivity contribution in [2.75, 3.05) is 13.6 Å². The van der Waals surface area contributed by atoms with E-state index < -0.39 is 0 Å². The van der Waals surface area contributed by atoms with Crippen LogP contribution in [-0.2, 0) is 0 Å². The summed E-state index contributed by atoms with van der Waals surface area (Å²) in [6.45, 7) is 8.04. The van der Waals surface area contributed by atoms with Gasteiger partial charge in [0.15, 0.2) is 0 Å². The number of hydrogen-bond acceptors (Lipinski definition) is 1. The fourth-order valence-corrected chi connectivity index (χ4v) is 1.68. The first kappa shape index (κ1) is 13.5. The Morgan fingerprint density at radius 3 is 2.43 bits per heavy atom. The van der Waals surface area contributed by atoms with Gasteiger partial charge in [-0.1, -0.05) is 13.3 Å². The van der Waals surface area contributed by atoms with E-state index in [1.165, 1.54) is 19.3 Å². The van der Waals surface area contributed by atoms with E-state index in [0.29, 0.717) is 5.54 Å². The van der Waals surface area contributed by atoms with E-state index in [2.05, 4.69) is 38.6 Å². The first-order chi connectivity index (χ1) is 6.54. The summed E-state index contributed by atoms with van der Waals surface area (Å²) >= 11 is 0. The molecular weight excluding hydrogens is 170 g/mol. The Labute approximate surface area is 89.9 Å². The van der Waals surface area contributed by atoms with Crippen molar-refractivity contribution in [1.82, 2.24) is 4.90 Å². The second kappa shape index (κ2) is 6.90. The summed E-state index contributed by atoms with van der Waals surface area (Å²) in [6, 6.07) is 0. The van der Waals surface area contributed by atoms with E-state index in [1.54, 1.807) is 0 Å². The minimum Gasteiger partial charge on any atom is -0.301 e. The van der Waals surface area contributed by atoms with Crippen LogP contribution in [-0.4, -0.2) is 24.0 Å². The lowest BCUT2D eigenvalue weighted by atomic mass is 9.96. The Hall–Kier alpha value is -0.480. The van der Waals surface area contributed by atoms with Gasteiger partial charge in [0.05, 0.1) is 0 Å². The number of nitrogens with zero attached hydrogens (tertiary/aromatic N) is 1. The minimum atomic E-state index is 0.338. The second-order valence-electron chi connectivity index (χ2n) is 4.65. The molecule has 0 radical (unpaired) electrons. The SMILES string of the molecule is C#CCCCCN(C)C(C)(C)CCC. The van der Waals surface area contributed by atoms with Crippen LogP contribution in [0.5, 0.6) is 0 Å². The zero-order valence-electron chi connectivity index (χ0n) is 10.3. The molecule has 1 nitrogen and oxygen atoms in total. The van der Waals surface area contributed by atoms with Crippen molar-refractivity contribution < 1.29 is 0 Å². The van der Waals surface area contributed by atoms with Crippen LogP contribution in [0, 0.1) is 12.3 Å². The average Bonchev–Trinajstić information content (AvgIpc) is 2.12. The van der Waals surface area contributed by atoms with Crippen molar-refractivity contribution >= 4 is 0 Å².